The molecule has 4 rings (SSSR count). The average Bonchev–Trinajstić information content (AvgIpc) is 2.75. The van der Waals surface area contributed by atoms with Crippen molar-refractivity contribution in [2.75, 3.05) is 0 Å². The van der Waals surface area contributed by atoms with Crippen molar-refractivity contribution in [1.29, 1.82) is 0 Å². The summed E-state index contributed by atoms with van der Waals surface area (Å²) in [5, 5.41) is 4.30. The minimum atomic E-state index is -1.78. The number of hydrogen-bond acceptors (Lipinski definition) is 0. The summed E-state index contributed by atoms with van der Waals surface area (Å²) >= 11 is 0. The third-order valence-corrected chi connectivity index (χ3v) is 9.23. The van der Waals surface area contributed by atoms with Gasteiger partial charge in [0.05, 0.1) is 6.16 Å². The molecule has 138 valence electrons. The first-order valence-electron chi connectivity index (χ1n) is 8.98. The molecule has 4 aromatic carbocycles. The number of hydrogen-bond donors (Lipinski definition) is 0. The molecule has 0 unspecified atom stereocenters. The van der Waals surface area contributed by atoms with Gasteiger partial charge in [-0.3, -0.25) is 0 Å². The molecule has 4 aromatic rings. The van der Waals surface area contributed by atoms with Gasteiger partial charge in [-0.2, -0.15) is 0 Å². The second kappa shape index (κ2) is 10.9. The van der Waals surface area contributed by atoms with E-state index in [2.05, 4.69) is 121 Å². The van der Waals surface area contributed by atoms with Crippen molar-refractivity contribution in [1.82, 2.24) is 0 Å². The van der Waals surface area contributed by atoms with E-state index in [1.165, 1.54) is 21.5 Å². The molecule has 0 spiro atoms. The van der Waals surface area contributed by atoms with Crippen LogP contribution in [0.2, 0.25) is 0 Å². The molecule has 0 saturated heterocycles. The van der Waals surface area contributed by atoms with Crippen molar-refractivity contribution in [3.05, 3.63) is 127 Å². The van der Waals surface area contributed by atoms with Crippen molar-refractivity contribution in [2.24, 2.45) is 0 Å². The molecule has 0 N–H and O–H groups in total. The van der Waals surface area contributed by atoms with Crippen LogP contribution < -0.4 is 28.3 Å². The van der Waals surface area contributed by atoms with Gasteiger partial charge in [0.25, 0.3) is 0 Å². The van der Waals surface area contributed by atoms with Crippen molar-refractivity contribution in [3.63, 3.8) is 0 Å². The zero-order valence-corrected chi connectivity index (χ0v) is 21.1. The predicted octanol–water partition coefficient (Wildman–Crippen LogP) is 1.80. The Kier molecular flexibility index (Phi) is 8.88. The van der Waals surface area contributed by atoms with E-state index in [1.54, 1.807) is 0 Å². The molecule has 0 saturated carbocycles. The Hall–Kier alpha value is -1.48. The van der Waals surface area contributed by atoms with E-state index in [0.717, 1.165) is 6.16 Å². The van der Waals surface area contributed by atoms with E-state index in [-0.39, 0.29) is 39.7 Å². The van der Waals surface area contributed by atoms with E-state index in [1.807, 2.05) is 0 Å². The van der Waals surface area contributed by atoms with Gasteiger partial charge in [0, 0.05) is 27.3 Å². The molecule has 0 heterocycles. The fraction of sp³-hybridized carbons (Fsp3) is 0.0400. The van der Waals surface area contributed by atoms with Gasteiger partial charge in [0.1, 0.15) is 23.2 Å². The molecule has 0 fully saturated rings. The fourth-order valence-electron chi connectivity index (χ4n) is 3.63. The predicted molar refractivity (Wildman–Crippen MR) is 121 cm³/mol. The Morgan fingerprint density at radius 3 is 1.04 bits per heavy atom. The van der Waals surface area contributed by atoms with Gasteiger partial charge < -0.3 is 12.4 Å². The molecule has 0 nitrogen and oxygen atoms in total. The van der Waals surface area contributed by atoms with Crippen LogP contribution in [0.15, 0.2) is 121 Å². The molecule has 0 aliphatic rings. The summed E-state index contributed by atoms with van der Waals surface area (Å²) in [7, 11) is -1.78. The third kappa shape index (κ3) is 4.74. The monoisotopic (exact) mass is 596 g/mol. The third-order valence-electron chi connectivity index (χ3n) is 4.85. The zero-order chi connectivity index (χ0) is 17.7. The van der Waals surface area contributed by atoms with Gasteiger partial charge in [-0.15, -0.1) is 0 Å². The van der Waals surface area contributed by atoms with E-state index >= 15 is 0 Å². The SMILES string of the molecule is [Cl-].[Pb].c1ccc(C[P+](c2ccccc2)(c2ccccc2)c2ccccc2)cc1. The molecule has 0 aliphatic carbocycles. The fourth-order valence-corrected chi connectivity index (χ4v) is 7.87. The van der Waals surface area contributed by atoms with Crippen LogP contribution in [-0.4, -0.2) is 27.3 Å². The Morgan fingerprint density at radius 1 is 0.429 bits per heavy atom. The second-order valence-corrected chi connectivity index (χ2v) is 9.95. The van der Waals surface area contributed by atoms with Gasteiger partial charge in [0.15, 0.2) is 0 Å². The van der Waals surface area contributed by atoms with E-state index in [9.17, 15) is 0 Å². The summed E-state index contributed by atoms with van der Waals surface area (Å²) in [6.45, 7) is 0. The topological polar surface area (TPSA) is 0 Å². The quantitative estimate of drug-likeness (QED) is 0.244. The van der Waals surface area contributed by atoms with Gasteiger partial charge in [-0.05, 0) is 42.0 Å². The number of benzene rings is 4. The van der Waals surface area contributed by atoms with Crippen LogP contribution in [-0.2, 0) is 6.16 Å². The van der Waals surface area contributed by atoms with Crippen LogP contribution in [0, 0.1) is 0 Å². The maximum Gasteiger partial charge on any atom is 0.116 e. The summed E-state index contributed by atoms with van der Waals surface area (Å²) in [4.78, 5) is 0. The zero-order valence-electron chi connectivity index (χ0n) is 15.6. The molecule has 4 radical (unpaired) electrons. The normalized spacial score (nSPS) is 10.4. The van der Waals surface area contributed by atoms with Crippen LogP contribution in [0.1, 0.15) is 5.56 Å². The first-order chi connectivity index (χ1) is 12.9. The van der Waals surface area contributed by atoms with Crippen LogP contribution in [0.3, 0.4) is 0 Å². The molecule has 0 amide bonds. The van der Waals surface area contributed by atoms with Gasteiger partial charge in [-0.1, -0.05) is 84.9 Å². The van der Waals surface area contributed by atoms with E-state index < -0.39 is 7.26 Å². The Labute approximate surface area is 194 Å². The molecular formula is C25H22ClPPb. The molecule has 0 atom stereocenters. The van der Waals surface area contributed by atoms with Crippen LogP contribution in [0.25, 0.3) is 0 Å². The first kappa shape index (κ1) is 22.8. The van der Waals surface area contributed by atoms with Crippen LogP contribution >= 0.6 is 7.26 Å². The first-order valence-corrected chi connectivity index (χ1v) is 11.0. The minimum Gasteiger partial charge on any atom is -1.00 e. The van der Waals surface area contributed by atoms with Crippen molar-refractivity contribution in [2.45, 2.75) is 6.16 Å². The number of rotatable bonds is 5. The summed E-state index contributed by atoms with van der Waals surface area (Å²) in [5.74, 6) is 0. The smallest absolute Gasteiger partial charge is 0.116 e. The summed E-state index contributed by atoms with van der Waals surface area (Å²) in [6, 6.07) is 44.0. The molecule has 0 bridgehead atoms. The molecule has 28 heavy (non-hydrogen) atoms. The standard InChI is InChI=1S/C25H22P.ClH.Pb/c1-5-13-22(14-6-1)21-26(23-15-7-2-8-16-23,24-17-9-3-10-18-24)25-19-11-4-12-20-25;;/h1-20H,21H2;1H;/q+1;;/p-1. The van der Waals surface area contributed by atoms with E-state index in [4.69, 9.17) is 0 Å². The summed E-state index contributed by atoms with van der Waals surface area (Å²) in [6.07, 6.45) is 1.03. The maximum atomic E-state index is 2.30. The summed E-state index contributed by atoms with van der Waals surface area (Å²) in [5.41, 5.74) is 1.39. The summed E-state index contributed by atoms with van der Waals surface area (Å²) < 4.78 is 0. The Balaban J connectivity index is 0.00000140. The van der Waals surface area contributed by atoms with Gasteiger partial charge >= 0.3 is 0 Å². The molecule has 0 aromatic heterocycles. The van der Waals surface area contributed by atoms with Gasteiger partial charge in [-0.25, -0.2) is 0 Å². The molecule has 3 heteroatoms. The maximum absolute atomic E-state index is 2.30. The number of halogens is 1. The Bertz CT molecular complexity index is 848. The van der Waals surface area contributed by atoms with Crippen molar-refractivity contribution < 1.29 is 12.4 Å². The molecule has 0 aliphatic heterocycles. The van der Waals surface area contributed by atoms with Gasteiger partial charge in [0.2, 0.25) is 0 Å². The molecular weight excluding hydrogens is 574 g/mol. The van der Waals surface area contributed by atoms with Crippen LogP contribution in [0.5, 0.6) is 0 Å². The van der Waals surface area contributed by atoms with Crippen molar-refractivity contribution in [3.8, 4) is 0 Å². The average molecular weight is 596 g/mol. The largest absolute Gasteiger partial charge is 1.00 e. The van der Waals surface area contributed by atoms with Crippen molar-refractivity contribution >= 4 is 50.5 Å². The second-order valence-electron chi connectivity index (χ2n) is 6.46. The van der Waals surface area contributed by atoms with E-state index in [0.29, 0.717) is 0 Å². The minimum absolute atomic E-state index is 0. The van der Waals surface area contributed by atoms with Crippen LogP contribution in [0.4, 0.5) is 0 Å². The Morgan fingerprint density at radius 2 is 0.714 bits per heavy atom.